The summed E-state index contributed by atoms with van der Waals surface area (Å²) in [6.45, 7) is 4.38. The molecule has 2 N–H and O–H groups in total. The molecule has 164 valence electrons. The molecular formula is C23H21F2N5O2. The van der Waals surface area contributed by atoms with E-state index in [1.807, 2.05) is 13.0 Å². The van der Waals surface area contributed by atoms with Gasteiger partial charge in [-0.2, -0.15) is 0 Å². The summed E-state index contributed by atoms with van der Waals surface area (Å²) >= 11 is 0. The Morgan fingerprint density at radius 1 is 1.12 bits per heavy atom. The summed E-state index contributed by atoms with van der Waals surface area (Å²) in [5, 5.41) is 0.0545. The zero-order valence-electron chi connectivity index (χ0n) is 17.4. The molecule has 9 heteroatoms. The van der Waals surface area contributed by atoms with E-state index in [0.29, 0.717) is 55.3 Å². The minimum Gasteiger partial charge on any atom is -0.378 e. The summed E-state index contributed by atoms with van der Waals surface area (Å²) in [5.74, 6) is -1.21. The number of primary amides is 1. The zero-order chi connectivity index (χ0) is 22.4. The number of amides is 1. The summed E-state index contributed by atoms with van der Waals surface area (Å²) in [5.41, 5.74) is 8.13. The van der Waals surface area contributed by atoms with Crippen LogP contribution in [0.25, 0.3) is 27.6 Å². The number of hydrogen-bond acceptors (Lipinski definition) is 5. The van der Waals surface area contributed by atoms with Crippen molar-refractivity contribution in [3.05, 3.63) is 59.6 Å². The fourth-order valence-corrected chi connectivity index (χ4v) is 4.27. The lowest BCUT2D eigenvalue weighted by atomic mass is 10.1. The van der Waals surface area contributed by atoms with E-state index in [1.165, 1.54) is 6.20 Å². The van der Waals surface area contributed by atoms with Crippen molar-refractivity contribution in [1.29, 1.82) is 0 Å². The number of aryl methyl sites for hydroxylation is 1. The minimum atomic E-state index is -0.613. The van der Waals surface area contributed by atoms with Gasteiger partial charge < -0.3 is 15.4 Å². The lowest BCUT2D eigenvalue weighted by Gasteiger charge is -2.29. The maximum absolute atomic E-state index is 14.9. The van der Waals surface area contributed by atoms with Gasteiger partial charge in [0.25, 0.3) is 5.91 Å². The number of anilines is 1. The lowest BCUT2D eigenvalue weighted by Crippen LogP contribution is -2.36. The van der Waals surface area contributed by atoms with Crippen molar-refractivity contribution in [2.75, 3.05) is 31.2 Å². The summed E-state index contributed by atoms with van der Waals surface area (Å²) < 4.78 is 36.5. The number of morpholine rings is 1. The molecule has 1 amide bonds. The average Bonchev–Trinajstić information content (AvgIpc) is 3.19. The first kappa shape index (κ1) is 20.3. The molecule has 0 unspecified atom stereocenters. The third-order valence-corrected chi connectivity index (χ3v) is 5.78. The van der Waals surface area contributed by atoms with E-state index in [4.69, 9.17) is 10.5 Å². The fourth-order valence-electron chi connectivity index (χ4n) is 4.27. The predicted molar refractivity (Wildman–Crippen MR) is 117 cm³/mol. The van der Waals surface area contributed by atoms with E-state index >= 15 is 0 Å². The van der Waals surface area contributed by atoms with E-state index in [0.717, 1.165) is 17.8 Å². The van der Waals surface area contributed by atoms with Crippen molar-refractivity contribution in [3.8, 4) is 5.69 Å². The van der Waals surface area contributed by atoms with Crippen molar-refractivity contribution in [2.45, 2.75) is 13.3 Å². The van der Waals surface area contributed by atoms with Crippen LogP contribution in [0.2, 0.25) is 0 Å². The Morgan fingerprint density at radius 2 is 1.88 bits per heavy atom. The van der Waals surface area contributed by atoms with Gasteiger partial charge in [0.2, 0.25) is 0 Å². The predicted octanol–water partition coefficient (Wildman–Crippen LogP) is 3.35. The number of fused-ring (bicyclic) bond motifs is 2. The Balaban J connectivity index is 1.86. The Morgan fingerprint density at radius 3 is 2.59 bits per heavy atom. The second-order valence-corrected chi connectivity index (χ2v) is 7.62. The molecule has 0 radical (unpaired) electrons. The first-order chi connectivity index (χ1) is 15.5. The molecule has 2 aromatic heterocycles. The van der Waals surface area contributed by atoms with E-state index in [-0.39, 0.29) is 16.5 Å². The van der Waals surface area contributed by atoms with Gasteiger partial charge in [0.1, 0.15) is 28.5 Å². The van der Waals surface area contributed by atoms with Gasteiger partial charge in [0.05, 0.1) is 35.4 Å². The number of nitrogens with zero attached hydrogens (tertiary/aromatic N) is 4. The minimum absolute atomic E-state index is 0.0545. The topological polar surface area (TPSA) is 86.3 Å². The molecule has 2 aromatic carbocycles. The third-order valence-electron chi connectivity index (χ3n) is 5.78. The lowest BCUT2D eigenvalue weighted by molar-refractivity contribution is 0.100. The zero-order valence-corrected chi connectivity index (χ0v) is 17.4. The molecule has 1 aliphatic heterocycles. The van der Waals surface area contributed by atoms with Crippen LogP contribution in [0.4, 0.5) is 14.5 Å². The number of benzene rings is 2. The van der Waals surface area contributed by atoms with Crippen LogP contribution in [0, 0.1) is 11.6 Å². The Bertz CT molecular complexity index is 1360. The van der Waals surface area contributed by atoms with E-state index < -0.39 is 17.5 Å². The highest BCUT2D eigenvalue weighted by molar-refractivity contribution is 6.06. The van der Waals surface area contributed by atoms with Crippen LogP contribution >= 0.6 is 0 Å². The molecule has 1 fully saturated rings. The van der Waals surface area contributed by atoms with Gasteiger partial charge in [0.15, 0.2) is 0 Å². The molecule has 0 spiro atoms. The van der Waals surface area contributed by atoms with Crippen LogP contribution in [0.15, 0.2) is 36.5 Å². The Labute approximate surface area is 182 Å². The number of carbonyl (C=O) groups is 1. The summed E-state index contributed by atoms with van der Waals surface area (Å²) in [4.78, 5) is 23.1. The van der Waals surface area contributed by atoms with Crippen LogP contribution in [0.5, 0.6) is 0 Å². The highest BCUT2D eigenvalue weighted by Crippen LogP contribution is 2.33. The third kappa shape index (κ3) is 3.16. The molecule has 1 aliphatic rings. The van der Waals surface area contributed by atoms with Gasteiger partial charge in [0, 0.05) is 31.4 Å². The van der Waals surface area contributed by atoms with Crippen LogP contribution in [0.3, 0.4) is 0 Å². The molecule has 0 atom stereocenters. The van der Waals surface area contributed by atoms with Crippen molar-refractivity contribution in [1.82, 2.24) is 14.5 Å². The molecule has 32 heavy (non-hydrogen) atoms. The fraction of sp³-hybridized carbons (Fsp3) is 0.261. The molecule has 4 aromatic rings. The molecule has 0 bridgehead atoms. The van der Waals surface area contributed by atoms with Crippen LogP contribution in [0.1, 0.15) is 23.1 Å². The molecule has 0 aliphatic carbocycles. The monoisotopic (exact) mass is 437 g/mol. The number of pyridine rings is 1. The van der Waals surface area contributed by atoms with E-state index in [2.05, 4.69) is 14.9 Å². The summed E-state index contributed by atoms with van der Waals surface area (Å²) in [6.07, 6.45) is 1.94. The van der Waals surface area contributed by atoms with Crippen molar-refractivity contribution < 1.29 is 18.3 Å². The van der Waals surface area contributed by atoms with Gasteiger partial charge in [-0.1, -0.05) is 6.92 Å². The largest absolute Gasteiger partial charge is 0.378 e. The first-order valence-corrected chi connectivity index (χ1v) is 10.4. The summed E-state index contributed by atoms with van der Waals surface area (Å²) in [7, 11) is 0. The number of nitrogens with two attached hydrogens (primary N) is 1. The highest BCUT2D eigenvalue weighted by atomic mass is 19.1. The number of hydrogen-bond donors (Lipinski definition) is 1. The number of aromatic nitrogens is 3. The normalized spacial score (nSPS) is 14.4. The Hall–Kier alpha value is -3.59. The van der Waals surface area contributed by atoms with Gasteiger partial charge in [-0.25, -0.2) is 13.8 Å². The molecule has 7 nitrogen and oxygen atoms in total. The summed E-state index contributed by atoms with van der Waals surface area (Å²) in [6, 6.07) is 7.40. The van der Waals surface area contributed by atoms with E-state index in [9.17, 15) is 13.6 Å². The maximum Gasteiger partial charge on any atom is 0.251 e. The van der Waals surface area contributed by atoms with Gasteiger partial charge in [-0.15, -0.1) is 0 Å². The number of rotatable bonds is 4. The molecule has 0 saturated carbocycles. The van der Waals surface area contributed by atoms with Gasteiger partial charge in [-0.3, -0.25) is 14.3 Å². The SMILES string of the molecule is CCc1nc2c(C(N)=O)cc(N3CCOCC3)cc2n1-c1ccnc2c(F)ccc(F)c12. The quantitative estimate of drug-likeness (QED) is 0.529. The number of halogens is 2. The molecule has 3 heterocycles. The Kier molecular flexibility index (Phi) is 4.97. The maximum atomic E-state index is 14.9. The van der Waals surface area contributed by atoms with Crippen molar-refractivity contribution >= 4 is 33.5 Å². The highest BCUT2D eigenvalue weighted by Gasteiger charge is 2.23. The van der Waals surface area contributed by atoms with E-state index in [1.54, 1.807) is 16.7 Å². The second kappa shape index (κ2) is 7.83. The first-order valence-electron chi connectivity index (χ1n) is 10.4. The smallest absolute Gasteiger partial charge is 0.251 e. The number of imidazole rings is 1. The van der Waals surface area contributed by atoms with Gasteiger partial charge in [-0.05, 0) is 30.3 Å². The number of ether oxygens (including phenoxy) is 1. The number of carbonyl (C=O) groups excluding carboxylic acids is 1. The van der Waals surface area contributed by atoms with Crippen molar-refractivity contribution in [3.63, 3.8) is 0 Å². The van der Waals surface area contributed by atoms with Crippen LogP contribution < -0.4 is 10.6 Å². The van der Waals surface area contributed by atoms with Crippen LogP contribution in [-0.4, -0.2) is 46.7 Å². The van der Waals surface area contributed by atoms with Gasteiger partial charge >= 0.3 is 0 Å². The molecule has 5 rings (SSSR count). The second-order valence-electron chi connectivity index (χ2n) is 7.62. The standard InChI is InChI=1S/C23H21F2N5O2/c1-2-19-28-21-14(23(26)31)11-13(29-7-9-32-10-8-29)12-18(21)30(19)17-5-6-27-22-16(25)4-3-15(24)20(17)22/h3-6,11-12H,2,7-10H2,1H3,(H2,26,31). The molecular weight excluding hydrogens is 416 g/mol. The average molecular weight is 437 g/mol. The van der Waals surface area contributed by atoms with Crippen molar-refractivity contribution in [2.24, 2.45) is 5.73 Å². The molecule has 1 saturated heterocycles. The van der Waals surface area contributed by atoms with Crippen LogP contribution in [-0.2, 0) is 11.2 Å².